The predicted molar refractivity (Wildman–Crippen MR) is 112 cm³/mol. The summed E-state index contributed by atoms with van der Waals surface area (Å²) in [6, 6.07) is 16.9. The fraction of sp³-hybridized carbons (Fsp3) is 0.182. The molecule has 0 aliphatic carbocycles. The predicted octanol–water partition coefficient (Wildman–Crippen LogP) is 3.94. The number of nitrogens with zero attached hydrogens (tertiary/aromatic N) is 3. The van der Waals surface area contributed by atoms with E-state index in [1.54, 1.807) is 18.3 Å². The number of hydrogen-bond acceptors (Lipinski definition) is 4. The fourth-order valence-electron chi connectivity index (χ4n) is 3.37. The SMILES string of the molecule is O=c1c(Cl)c(N2CC=C(c3ccc(O)cc3)CC2)cnn1Cc1ccccc1. The number of benzene rings is 2. The van der Waals surface area contributed by atoms with Gasteiger partial charge in [-0.2, -0.15) is 5.10 Å². The van der Waals surface area contributed by atoms with Gasteiger partial charge in [0.25, 0.3) is 5.56 Å². The smallest absolute Gasteiger partial charge is 0.287 e. The molecule has 0 amide bonds. The molecule has 0 fully saturated rings. The van der Waals surface area contributed by atoms with Crippen molar-refractivity contribution in [1.82, 2.24) is 9.78 Å². The Bertz CT molecular complexity index is 1060. The summed E-state index contributed by atoms with van der Waals surface area (Å²) in [4.78, 5) is 14.7. The van der Waals surface area contributed by atoms with E-state index in [0.29, 0.717) is 18.8 Å². The Morgan fingerprint density at radius 2 is 1.82 bits per heavy atom. The van der Waals surface area contributed by atoms with Crippen molar-refractivity contribution in [2.75, 3.05) is 18.0 Å². The van der Waals surface area contributed by atoms with Gasteiger partial charge in [0.05, 0.1) is 18.4 Å². The zero-order chi connectivity index (χ0) is 19.5. The maximum Gasteiger partial charge on any atom is 0.287 e. The second-order valence-corrected chi connectivity index (χ2v) is 7.14. The van der Waals surface area contributed by atoms with Gasteiger partial charge in [-0.15, -0.1) is 0 Å². The lowest BCUT2D eigenvalue weighted by molar-refractivity contribution is 0.475. The van der Waals surface area contributed by atoms with Crippen LogP contribution in [-0.4, -0.2) is 28.0 Å². The third-order valence-electron chi connectivity index (χ3n) is 4.93. The van der Waals surface area contributed by atoms with Gasteiger partial charge in [-0.3, -0.25) is 4.79 Å². The molecule has 5 nitrogen and oxygen atoms in total. The molecule has 6 heteroatoms. The summed E-state index contributed by atoms with van der Waals surface area (Å²) < 4.78 is 1.39. The van der Waals surface area contributed by atoms with Crippen LogP contribution in [0.3, 0.4) is 0 Å². The van der Waals surface area contributed by atoms with Crippen molar-refractivity contribution in [2.45, 2.75) is 13.0 Å². The summed E-state index contributed by atoms with van der Waals surface area (Å²) >= 11 is 6.41. The van der Waals surface area contributed by atoms with Gasteiger partial charge in [-0.25, -0.2) is 4.68 Å². The van der Waals surface area contributed by atoms with E-state index in [1.165, 1.54) is 10.3 Å². The van der Waals surface area contributed by atoms with Crippen LogP contribution in [0.4, 0.5) is 5.69 Å². The first-order valence-electron chi connectivity index (χ1n) is 9.15. The lowest BCUT2D eigenvalue weighted by Crippen LogP contribution is -2.32. The first-order chi connectivity index (χ1) is 13.6. The molecule has 2 heterocycles. The van der Waals surface area contributed by atoms with E-state index in [0.717, 1.165) is 24.1 Å². The van der Waals surface area contributed by atoms with E-state index in [2.05, 4.69) is 16.1 Å². The molecule has 28 heavy (non-hydrogen) atoms. The molecule has 142 valence electrons. The molecule has 0 saturated heterocycles. The molecule has 0 bridgehead atoms. The van der Waals surface area contributed by atoms with Crippen LogP contribution in [0, 0.1) is 0 Å². The van der Waals surface area contributed by atoms with Crippen LogP contribution < -0.4 is 10.5 Å². The lowest BCUT2D eigenvalue weighted by Gasteiger charge is -2.29. The third kappa shape index (κ3) is 3.80. The minimum absolute atomic E-state index is 0.201. The van der Waals surface area contributed by atoms with Crippen molar-refractivity contribution in [3.8, 4) is 5.75 Å². The maximum absolute atomic E-state index is 12.7. The first-order valence-corrected chi connectivity index (χ1v) is 9.52. The normalized spacial score (nSPS) is 14.0. The molecule has 0 radical (unpaired) electrons. The average Bonchev–Trinajstić information content (AvgIpc) is 2.73. The second kappa shape index (κ2) is 7.90. The highest BCUT2D eigenvalue weighted by Gasteiger charge is 2.19. The summed E-state index contributed by atoms with van der Waals surface area (Å²) in [5.74, 6) is 0.260. The molecule has 0 unspecified atom stereocenters. The van der Waals surface area contributed by atoms with Crippen molar-refractivity contribution in [3.05, 3.63) is 93.4 Å². The summed E-state index contributed by atoms with van der Waals surface area (Å²) in [5, 5.41) is 14.0. The standard InChI is InChI=1S/C22H20ClN3O2/c23-21-20(14-24-26(22(21)28)15-16-4-2-1-3-5-16)25-12-10-18(11-13-25)17-6-8-19(27)9-7-17/h1-10,14,27H,11-13,15H2. The molecule has 0 atom stereocenters. The molecular weight excluding hydrogens is 374 g/mol. The van der Waals surface area contributed by atoms with Crippen LogP contribution in [0.1, 0.15) is 17.5 Å². The molecule has 0 spiro atoms. The highest BCUT2D eigenvalue weighted by atomic mass is 35.5. The molecule has 4 rings (SSSR count). The summed E-state index contributed by atoms with van der Waals surface area (Å²) in [7, 11) is 0. The summed E-state index contributed by atoms with van der Waals surface area (Å²) in [5.41, 5.74) is 3.70. The zero-order valence-electron chi connectivity index (χ0n) is 15.3. The molecule has 1 aromatic heterocycles. The molecule has 1 N–H and O–H groups in total. The van der Waals surface area contributed by atoms with Gasteiger partial charge in [0, 0.05) is 13.1 Å². The van der Waals surface area contributed by atoms with Crippen molar-refractivity contribution >= 4 is 22.9 Å². The van der Waals surface area contributed by atoms with Gasteiger partial charge < -0.3 is 10.0 Å². The number of hydrogen-bond donors (Lipinski definition) is 1. The maximum atomic E-state index is 12.7. The van der Waals surface area contributed by atoms with Crippen molar-refractivity contribution in [1.29, 1.82) is 0 Å². The number of phenolic OH excluding ortho intramolecular Hbond substituents is 1. The van der Waals surface area contributed by atoms with Crippen LogP contribution in [0.15, 0.2) is 71.7 Å². The van der Waals surface area contributed by atoms with E-state index in [4.69, 9.17) is 11.6 Å². The molecule has 3 aromatic rings. The van der Waals surface area contributed by atoms with Crippen LogP contribution >= 0.6 is 11.6 Å². The Balaban J connectivity index is 1.53. The van der Waals surface area contributed by atoms with E-state index < -0.39 is 0 Å². The van der Waals surface area contributed by atoms with Gasteiger partial charge in [-0.1, -0.05) is 60.1 Å². The van der Waals surface area contributed by atoms with Gasteiger partial charge in [0.15, 0.2) is 0 Å². The van der Waals surface area contributed by atoms with Gasteiger partial charge in [-0.05, 0) is 35.3 Å². The minimum atomic E-state index is -0.281. The molecule has 1 aliphatic heterocycles. The number of aromatic nitrogens is 2. The Kier molecular flexibility index (Phi) is 5.17. The summed E-state index contributed by atoms with van der Waals surface area (Å²) in [6.07, 6.45) is 4.63. The quantitative estimate of drug-likeness (QED) is 0.729. The topological polar surface area (TPSA) is 58.4 Å². The van der Waals surface area contributed by atoms with Gasteiger partial charge in [0.2, 0.25) is 0 Å². The number of halogens is 1. The van der Waals surface area contributed by atoms with Gasteiger partial charge >= 0.3 is 0 Å². The van der Waals surface area contributed by atoms with E-state index in [1.807, 2.05) is 42.5 Å². The molecule has 1 aliphatic rings. The Morgan fingerprint density at radius 1 is 1.07 bits per heavy atom. The number of aromatic hydroxyl groups is 1. The minimum Gasteiger partial charge on any atom is -0.508 e. The largest absolute Gasteiger partial charge is 0.508 e. The molecule has 0 saturated carbocycles. The van der Waals surface area contributed by atoms with Gasteiger partial charge in [0.1, 0.15) is 10.8 Å². The van der Waals surface area contributed by atoms with Crippen LogP contribution in [0.25, 0.3) is 5.57 Å². The summed E-state index contributed by atoms with van der Waals surface area (Å²) in [6.45, 7) is 1.79. The van der Waals surface area contributed by atoms with E-state index in [-0.39, 0.29) is 16.3 Å². The Labute approximate surface area is 168 Å². The van der Waals surface area contributed by atoms with Crippen molar-refractivity contribution in [3.63, 3.8) is 0 Å². The van der Waals surface area contributed by atoms with E-state index in [9.17, 15) is 9.90 Å². The molecule has 2 aromatic carbocycles. The average molecular weight is 394 g/mol. The monoisotopic (exact) mass is 393 g/mol. The van der Waals surface area contributed by atoms with Crippen molar-refractivity contribution < 1.29 is 5.11 Å². The lowest BCUT2D eigenvalue weighted by atomic mass is 9.99. The third-order valence-corrected chi connectivity index (χ3v) is 5.28. The molecular formula is C22H20ClN3O2. The number of rotatable bonds is 4. The number of phenols is 1. The zero-order valence-corrected chi connectivity index (χ0v) is 16.0. The van der Waals surface area contributed by atoms with Crippen LogP contribution in [-0.2, 0) is 6.54 Å². The van der Waals surface area contributed by atoms with Crippen LogP contribution in [0.2, 0.25) is 5.02 Å². The first kappa shape index (κ1) is 18.3. The number of anilines is 1. The second-order valence-electron chi connectivity index (χ2n) is 6.76. The highest BCUT2D eigenvalue weighted by molar-refractivity contribution is 6.33. The van der Waals surface area contributed by atoms with Crippen molar-refractivity contribution in [2.24, 2.45) is 0 Å². The van der Waals surface area contributed by atoms with E-state index >= 15 is 0 Å². The highest BCUT2D eigenvalue weighted by Crippen LogP contribution is 2.28. The van der Waals surface area contributed by atoms with Crippen LogP contribution in [0.5, 0.6) is 5.75 Å². The fourth-order valence-corrected chi connectivity index (χ4v) is 3.64. The Hall–Kier alpha value is -3.05. The Morgan fingerprint density at radius 3 is 2.50 bits per heavy atom.